The van der Waals surface area contributed by atoms with Gasteiger partial charge in [-0.3, -0.25) is 4.79 Å². The third kappa shape index (κ3) is 48.2. The molecule has 0 atom stereocenters. The van der Waals surface area contributed by atoms with E-state index in [1.54, 1.807) is 0 Å². The molecule has 3 heteroatoms. The summed E-state index contributed by atoms with van der Waals surface area (Å²) in [5.41, 5.74) is 0. The Hall–Kier alpha value is -0.860. The second-order valence-corrected chi connectivity index (χ2v) is 19.8. The molecule has 358 valence electrons. The Bertz CT molecular complexity index is 786. The van der Waals surface area contributed by atoms with Crippen LogP contribution in [0.3, 0.4) is 0 Å². The summed E-state index contributed by atoms with van der Waals surface area (Å²) in [7, 11) is 0. The average molecular weight is 846 g/mol. The zero-order valence-electron chi connectivity index (χ0n) is 41.9. The fourth-order valence-corrected chi connectivity index (χ4v) is 9.31. The number of Topliss-reactive ketones (excluding diaryl/α,β-unsaturated/α-hetero) is 1. The smallest absolute Gasteiger partial charge is 0.374 e. The van der Waals surface area contributed by atoms with E-state index < -0.39 is 5.97 Å². The lowest BCUT2D eigenvalue weighted by Crippen LogP contribution is -2.21. The van der Waals surface area contributed by atoms with Crippen LogP contribution in [0.1, 0.15) is 342 Å². The van der Waals surface area contributed by atoms with E-state index in [-0.39, 0.29) is 5.78 Å². The first-order valence-electron chi connectivity index (χ1n) is 28.4. The molecule has 0 N–H and O–H groups in total. The lowest BCUT2D eigenvalue weighted by atomic mass is 9.94. The number of esters is 1. The van der Waals surface area contributed by atoms with Crippen molar-refractivity contribution in [3.8, 4) is 0 Å². The average Bonchev–Trinajstić information content (AvgIpc) is 3.25. The highest BCUT2D eigenvalue weighted by Gasteiger charge is 2.18. The van der Waals surface area contributed by atoms with Crippen molar-refractivity contribution in [2.75, 3.05) is 6.61 Å². The first-order valence-corrected chi connectivity index (χ1v) is 28.4. The minimum Gasteiger partial charge on any atom is -0.460 e. The predicted molar refractivity (Wildman–Crippen MR) is 267 cm³/mol. The molecule has 0 radical (unpaired) electrons. The van der Waals surface area contributed by atoms with Crippen LogP contribution in [0.25, 0.3) is 0 Å². The number of hydrogen-bond donors (Lipinski definition) is 0. The Kier molecular flexibility index (Phi) is 51.7. The molecule has 0 amide bonds. The standard InChI is InChI=1S/C57H112O3/c1-4-7-10-13-16-19-22-25-28-31-33-36-39-42-45-48-51-55(52-49-46-43-40-37-34-32-29-26-23-20-17-14-11-8-5-2)54-60-57(59)56(58)53-50-47-44-41-38-35-30-27-24-21-18-15-12-9-6-3/h55H,4-54H2,1-3H3. The number of ketones is 1. The van der Waals surface area contributed by atoms with Crippen LogP contribution in [0, 0.1) is 5.92 Å². The molecule has 0 saturated carbocycles. The Labute approximate surface area is 379 Å². The van der Waals surface area contributed by atoms with Gasteiger partial charge in [0.2, 0.25) is 5.78 Å². The van der Waals surface area contributed by atoms with E-state index in [0.29, 0.717) is 18.9 Å². The SMILES string of the molecule is CCCCCCCCCCCCCCCCCCC(CCCCCCCCCCCCCCCCCC)COC(=O)C(=O)CCCCCCCCCCCCCCCCC. The van der Waals surface area contributed by atoms with E-state index in [1.165, 1.54) is 289 Å². The van der Waals surface area contributed by atoms with Crippen LogP contribution in [0.2, 0.25) is 0 Å². The minimum absolute atomic E-state index is 0.298. The molecule has 0 aliphatic rings. The molecule has 0 aliphatic carbocycles. The summed E-state index contributed by atoms with van der Waals surface area (Å²) in [4.78, 5) is 25.4. The zero-order valence-corrected chi connectivity index (χ0v) is 41.9. The molecule has 0 unspecified atom stereocenters. The molecule has 0 rings (SSSR count). The van der Waals surface area contributed by atoms with E-state index in [4.69, 9.17) is 4.74 Å². The third-order valence-electron chi connectivity index (χ3n) is 13.6. The van der Waals surface area contributed by atoms with Crippen LogP contribution in [-0.4, -0.2) is 18.4 Å². The van der Waals surface area contributed by atoms with Crippen LogP contribution in [0.5, 0.6) is 0 Å². The molecule has 0 bridgehead atoms. The molecular formula is C57H112O3. The maximum Gasteiger partial charge on any atom is 0.374 e. The molecule has 0 aromatic rings. The van der Waals surface area contributed by atoms with E-state index in [0.717, 1.165) is 25.7 Å². The van der Waals surface area contributed by atoms with E-state index in [9.17, 15) is 9.59 Å². The monoisotopic (exact) mass is 845 g/mol. The van der Waals surface area contributed by atoms with E-state index in [1.807, 2.05) is 0 Å². The van der Waals surface area contributed by atoms with Crippen molar-refractivity contribution in [3.63, 3.8) is 0 Å². The van der Waals surface area contributed by atoms with Gasteiger partial charge >= 0.3 is 5.97 Å². The Morgan fingerprint density at radius 1 is 0.283 bits per heavy atom. The van der Waals surface area contributed by atoms with Gasteiger partial charge in [-0.15, -0.1) is 0 Å². The first kappa shape index (κ1) is 59.1. The fourth-order valence-electron chi connectivity index (χ4n) is 9.31. The number of unbranched alkanes of at least 4 members (excludes halogenated alkanes) is 44. The van der Waals surface area contributed by atoms with Crippen molar-refractivity contribution in [2.24, 2.45) is 5.92 Å². The van der Waals surface area contributed by atoms with Crippen molar-refractivity contribution in [3.05, 3.63) is 0 Å². The Balaban J connectivity index is 4.17. The van der Waals surface area contributed by atoms with Gasteiger partial charge in [0, 0.05) is 6.42 Å². The number of carbonyl (C=O) groups is 2. The van der Waals surface area contributed by atoms with E-state index in [2.05, 4.69) is 20.8 Å². The number of carbonyl (C=O) groups excluding carboxylic acids is 2. The molecule has 0 spiro atoms. The highest BCUT2D eigenvalue weighted by Crippen LogP contribution is 2.22. The summed E-state index contributed by atoms with van der Waals surface area (Å²) in [6, 6.07) is 0. The maximum atomic E-state index is 12.7. The van der Waals surface area contributed by atoms with Crippen LogP contribution >= 0.6 is 0 Å². The quantitative estimate of drug-likeness (QED) is 0.0348. The first-order chi connectivity index (χ1) is 29.7. The molecule has 0 heterocycles. The van der Waals surface area contributed by atoms with Crippen LogP contribution in [0.15, 0.2) is 0 Å². The zero-order chi connectivity index (χ0) is 43.5. The van der Waals surface area contributed by atoms with Gasteiger partial charge in [-0.25, -0.2) is 4.79 Å². The van der Waals surface area contributed by atoms with Crippen molar-refractivity contribution < 1.29 is 14.3 Å². The summed E-state index contributed by atoms with van der Waals surface area (Å²) < 4.78 is 5.71. The maximum absolute atomic E-state index is 12.7. The van der Waals surface area contributed by atoms with E-state index >= 15 is 0 Å². The summed E-state index contributed by atoms with van der Waals surface area (Å²) in [6.07, 6.45) is 66.7. The molecule has 60 heavy (non-hydrogen) atoms. The predicted octanol–water partition coefficient (Wildman–Crippen LogP) is 20.3. The Morgan fingerprint density at radius 3 is 0.717 bits per heavy atom. The minimum atomic E-state index is -0.565. The largest absolute Gasteiger partial charge is 0.460 e. The summed E-state index contributed by atoms with van der Waals surface area (Å²) >= 11 is 0. The summed E-state index contributed by atoms with van der Waals surface area (Å²) in [5.74, 6) is -0.455. The van der Waals surface area contributed by atoms with Gasteiger partial charge in [0.15, 0.2) is 0 Å². The van der Waals surface area contributed by atoms with Gasteiger partial charge in [-0.1, -0.05) is 316 Å². The molecular weight excluding hydrogens is 733 g/mol. The van der Waals surface area contributed by atoms with Crippen molar-refractivity contribution in [1.29, 1.82) is 0 Å². The lowest BCUT2D eigenvalue weighted by molar-refractivity contribution is -0.155. The second-order valence-electron chi connectivity index (χ2n) is 19.8. The van der Waals surface area contributed by atoms with Gasteiger partial charge in [-0.05, 0) is 25.2 Å². The molecule has 0 fully saturated rings. The molecule has 0 aromatic heterocycles. The number of ether oxygens (including phenoxy) is 1. The van der Waals surface area contributed by atoms with Crippen LogP contribution < -0.4 is 0 Å². The topological polar surface area (TPSA) is 43.4 Å². The second kappa shape index (κ2) is 52.5. The van der Waals surface area contributed by atoms with Gasteiger partial charge in [0.25, 0.3) is 0 Å². The molecule has 3 nitrogen and oxygen atoms in total. The van der Waals surface area contributed by atoms with Gasteiger partial charge in [-0.2, -0.15) is 0 Å². The highest BCUT2D eigenvalue weighted by atomic mass is 16.5. The number of rotatable bonds is 53. The molecule has 0 aliphatic heterocycles. The van der Waals surface area contributed by atoms with Gasteiger partial charge in [0.05, 0.1) is 6.61 Å². The van der Waals surface area contributed by atoms with Crippen LogP contribution in [0.4, 0.5) is 0 Å². The van der Waals surface area contributed by atoms with Gasteiger partial charge in [0.1, 0.15) is 0 Å². The van der Waals surface area contributed by atoms with Crippen LogP contribution in [-0.2, 0) is 14.3 Å². The van der Waals surface area contributed by atoms with Crippen molar-refractivity contribution in [2.45, 2.75) is 342 Å². The highest BCUT2D eigenvalue weighted by molar-refractivity contribution is 6.33. The van der Waals surface area contributed by atoms with Crippen molar-refractivity contribution >= 4 is 11.8 Å². The fraction of sp³-hybridized carbons (Fsp3) is 0.965. The Morgan fingerprint density at radius 2 is 0.483 bits per heavy atom. The molecule has 0 saturated heterocycles. The number of hydrogen-bond acceptors (Lipinski definition) is 3. The summed E-state index contributed by atoms with van der Waals surface area (Å²) in [6.45, 7) is 7.33. The van der Waals surface area contributed by atoms with Gasteiger partial charge < -0.3 is 4.74 Å². The lowest BCUT2D eigenvalue weighted by Gasteiger charge is -2.17. The summed E-state index contributed by atoms with van der Waals surface area (Å²) in [5, 5.41) is 0. The third-order valence-corrected chi connectivity index (χ3v) is 13.6. The normalized spacial score (nSPS) is 11.6. The van der Waals surface area contributed by atoms with Crippen molar-refractivity contribution in [1.82, 2.24) is 0 Å². The molecule has 0 aromatic carbocycles.